The van der Waals surface area contributed by atoms with Gasteiger partial charge in [-0.3, -0.25) is 4.79 Å². The fraction of sp³-hybridized carbons (Fsp3) is 0.235. The zero-order valence-corrected chi connectivity index (χ0v) is 16.2. The molecule has 2 aromatic heterocycles. The first-order valence-electron chi connectivity index (χ1n) is 7.70. The lowest BCUT2D eigenvalue weighted by Gasteiger charge is -2.09. The molecule has 0 fully saturated rings. The molecule has 3 rings (SSSR count). The normalized spacial score (nSPS) is 10.8. The van der Waals surface area contributed by atoms with Crippen molar-refractivity contribution >= 4 is 46.5 Å². The Morgan fingerprint density at radius 2 is 2.08 bits per heavy atom. The Bertz CT molecular complexity index is 803. The quantitative estimate of drug-likeness (QED) is 0.587. The van der Waals surface area contributed by atoms with Gasteiger partial charge in [0, 0.05) is 28.9 Å². The molecule has 1 aromatic carbocycles. The number of hydrogen-bond acceptors (Lipinski definition) is 6. The molecule has 1 amide bonds. The highest BCUT2D eigenvalue weighted by Crippen LogP contribution is 2.26. The first-order chi connectivity index (χ1) is 12.3. The molecule has 0 aliphatic carbocycles. The summed E-state index contributed by atoms with van der Waals surface area (Å²) in [5.41, 5.74) is 1.87. The average Bonchev–Trinajstić information content (AvgIpc) is 3.28. The minimum Gasteiger partial charge on any atom is -0.325 e. The third-order valence-corrected chi connectivity index (χ3v) is 5.65. The molecule has 0 saturated heterocycles. The summed E-state index contributed by atoms with van der Waals surface area (Å²) < 4.78 is 2.10. The minimum absolute atomic E-state index is 0.0484. The van der Waals surface area contributed by atoms with Crippen LogP contribution in [-0.2, 0) is 11.3 Å². The van der Waals surface area contributed by atoms with E-state index in [1.165, 1.54) is 11.8 Å². The summed E-state index contributed by atoms with van der Waals surface area (Å²) in [7, 11) is 0. The highest BCUT2D eigenvalue weighted by Gasteiger charge is 2.15. The van der Waals surface area contributed by atoms with E-state index in [0.29, 0.717) is 5.75 Å². The summed E-state index contributed by atoms with van der Waals surface area (Å²) in [6, 6.07) is 11.5. The first kappa shape index (κ1) is 18.0. The highest BCUT2D eigenvalue weighted by molar-refractivity contribution is 7.99. The molecule has 0 aliphatic heterocycles. The van der Waals surface area contributed by atoms with Gasteiger partial charge in [0.1, 0.15) is 0 Å². The molecule has 8 heteroatoms. The Kier molecular flexibility index (Phi) is 6.55. The second kappa shape index (κ2) is 9.07. The smallest absolute Gasteiger partial charge is 0.234 e. The fourth-order valence-electron chi connectivity index (χ4n) is 2.23. The third kappa shape index (κ3) is 4.87. The number of rotatable bonds is 8. The minimum atomic E-state index is -0.0484. The number of nitrogens with one attached hydrogen (secondary N) is 1. The maximum Gasteiger partial charge on any atom is 0.234 e. The maximum absolute atomic E-state index is 12.2. The number of hydrogen-bond donors (Lipinski definition) is 1. The van der Waals surface area contributed by atoms with E-state index in [1.807, 2.05) is 41.8 Å². The van der Waals surface area contributed by atoms with Crippen molar-refractivity contribution in [3.63, 3.8) is 0 Å². The molecule has 130 valence electrons. The summed E-state index contributed by atoms with van der Waals surface area (Å²) in [4.78, 5) is 12.2. The number of amides is 1. The molecule has 5 nitrogen and oxygen atoms in total. The standard InChI is InChI=1S/C17H18N4OS3/c1-23-10-8-21-16(13-7-9-24-11-13)19-20-17(21)25-12-15(22)18-14-5-3-2-4-6-14/h2-7,9,11H,8,10,12H2,1H3,(H,18,22). The van der Waals surface area contributed by atoms with Crippen LogP contribution >= 0.6 is 34.9 Å². The molecular formula is C17H18N4OS3. The van der Waals surface area contributed by atoms with E-state index >= 15 is 0 Å². The van der Waals surface area contributed by atoms with Crippen LogP contribution in [0.5, 0.6) is 0 Å². The van der Waals surface area contributed by atoms with E-state index in [4.69, 9.17) is 0 Å². The van der Waals surface area contributed by atoms with Gasteiger partial charge in [-0.1, -0.05) is 30.0 Å². The number of thioether (sulfide) groups is 2. The molecule has 3 aromatic rings. The molecular weight excluding hydrogens is 372 g/mol. The number of para-hydroxylation sites is 1. The number of aromatic nitrogens is 3. The Morgan fingerprint density at radius 1 is 1.24 bits per heavy atom. The zero-order valence-electron chi connectivity index (χ0n) is 13.7. The van der Waals surface area contributed by atoms with Crippen LogP contribution in [0, 0.1) is 0 Å². The van der Waals surface area contributed by atoms with Crippen LogP contribution < -0.4 is 5.32 Å². The van der Waals surface area contributed by atoms with Crippen molar-refractivity contribution in [1.29, 1.82) is 0 Å². The molecule has 25 heavy (non-hydrogen) atoms. The number of thiophene rings is 1. The SMILES string of the molecule is CSCCn1c(SCC(=O)Nc2ccccc2)nnc1-c1ccsc1. The molecule has 0 bridgehead atoms. The van der Waals surface area contributed by atoms with Gasteiger partial charge >= 0.3 is 0 Å². The molecule has 0 atom stereocenters. The topological polar surface area (TPSA) is 59.8 Å². The Morgan fingerprint density at radius 3 is 2.80 bits per heavy atom. The van der Waals surface area contributed by atoms with Crippen LogP contribution in [0.3, 0.4) is 0 Å². The van der Waals surface area contributed by atoms with Gasteiger partial charge in [-0.25, -0.2) is 0 Å². The van der Waals surface area contributed by atoms with Crippen molar-refractivity contribution < 1.29 is 4.79 Å². The van der Waals surface area contributed by atoms with E-state index in [2.05, 4.69) is 31.7 Å². The number of nitrogens with zero attached hydrogens (tertiary/aromatic N) is 3. The van der Waals surface area contributed by atoms with Crippen molar-refractivity contribution in [2.75, 3.05) is 23.1 Å². The first-order valence-corrected chi connectivity index (χ1v) is 11.0. The largest absolute Gasteiger partial charge is 0.325 e. The molecule has 0 radical (unpaired) electrons. The summed E-state index contributed by atoms with van der Waals surface area (Å²) >= 11 is 4.83. The lowest BCUT2D eigenvalue weighted by atomic mass is 10.3. The van der Waals surface area contributed by atoms with Gasteiger partial charge in [0.05, 0.1) is 5.75 Å². The summed E-state index contributed by atoms with van der Waals surface area (Å²) in [5, 5.41) is 16.4. The second-order valence-corrected chi connectivity index (χ2v) is 7.87. The van der Waals surface area contributed by atoms with Gasteiger partial charge in [0.15, 0.2) is 11.0 Å². The Hall–Kier alpha value is -1.77. The molecule has 0 unspecified atom stereocenters. The lowest BCUT2D eigenvalue weighted by Crippen LogP contribution is -2.14. The van der Waals surface area contributed by atoms with Crippen LogP contribution in [0.4, 0.5) is 5.69 Å². The average molecular weight is 391 g/mol. The van der Waals surface area contributed by atoms with E-state index in [0.717, 1.165) is 34.5 Å². The second-order valence-electron chi connectivity index (χ2n) is 5.17. The number of benzene rings is 1. The van der Waals surface area contributed by atoms with Crippen LogP contribution in [0.25, 0.3) is 11.4 Å². The van der Waals surface area contributed by atoms with E-state index < -0.39 is 0 Å². The maximum atomic E-state index is 12.2. The fourth-order valence-corrected chi connectivity index (χ4v) is 4.00. The predicted octanol–water partition coefficient (Wildman–Crippen LogP) is 4.10. The number of carbonyl (C=O) groups excluding carboxylic acids is 1. The van der Waals surface area contributed by atoms with Crippen LogP contribution in [0.15, 0.2) is 52.3 Å². The van der Waals surface area contributed by atoms with Gasteiger partial charge in [0.2, 0.25) is 5.91 Å². The zero-order chi connectivity index (χ0) is 17.5. The monoisotopic (exact) mass is 390 g/mol. The van der Waals surface area contributed by atoms with Crippen molar-refractivity contribution in [3.05, 3.63) is 47.2 Å². The third-order valence-electron chi connectivity index (χ3n) is 3.41. The van der Waals surface area contributed by atoms with Gasteiger partial charge in [0.25, 0.3) is 0 Å². The van der Waals surface area contributed by atoms with Crippen molar-refractivity contribution in [2.24, 2.45) is 0 Å². The van der Waals surface area contributed by atoms with E-state index in [9.17, 15) is 4.79 Å². The van der Waals surface area contributed by atoms with Crippen LogP contribution in [0.2, 0.25) is 0 Å². The summed E-state index contributed by atoms with van der Waals surface area (Å²) in [6.45, 7) is 0.821. The van der Waals surface area contributed by atoms with Crippen molar-refractivity contribution in [2.45, 2.75) is 11.7 Å². The van der Waals surface area contributed by atoms with Gasteiger partial charge in [-0.05, 0) is 29.8 Å². The molecule has 0 aliphatic rings. The molecule has 0 spiro atoms. The van der Waals surface area contributed by atoms with E-state index in [1.54, 1.807) is 23.1 Å². The predicted molar refractivity (Wildman–Crippen MR) is 108 cm³/mol. The van der Waals surface area contributed by atoms with Gasteiger partial charge in [-0.15, -0.1) is 10.2 Å². The number of anilines is 1. The molecule has 2 heterocycles. The highest BCUT2D eigenvalue weighted by atomic mass is 32.2. The van der Waals surface area contributed by atoms with E-state index in [-0.39, 0.29) is 5.91 Å². The van der Waals surface area contributed by atoms with Crippen molar-refractivity contribution in [1.82, 2.24) is 14.8 Å². The molecule has 1 N–H and O–H groups in total. The molecule has 0 saturated carbocycles. The van der Waals surface area contributed by atoms with Crippen molar-refractivity contribution in [3.8, 4) is 11.4 Å². The van der Waals surface area contributed by atoms with Crippen LogP contribution in [0.1, 0.15) is 0 Å². The van der Waals surface area contributed by atoms with Gasteiger partial charge < -0.3 is 9.88 Å². The number of carbonyl (C=O) groups is 1. The Labute approximate surface area is 159 Å². The summed E-state index contributed by atoms with van der Waals surface area (Å²) in [5.74, 6) is 2.09. The Balaban J connectivity index is 1.68. The lowest BCUT2D eigenvalue weighted by molar-refractivity contribution is -0.113. The summed E-state index contributed by atoms with van der Waals surface area (Å²) in [6.07, 6.45) is 2.08. The van der Waals surface area contributed by atoms with Crippen LogP contribution in [-0.4, -0.2) is 38.4 Å². The van der Waals surface area contributed by atoms with Gasteiger partial charge in [-0.2, -0.15) is 23.1 Å².